The molecule has 0 atom stereocenters. The standard InChI is InChI=1S/C25H26N4O3S/c30-22(26-14-13-18-7-3-1-4-8-18)15-20-17-33-25(27-20)28-23(31)16-29(21-11-12-21)24(32)19-9-5-2-6-10-19/h1-10,17,21H,11-16H2,(H,26,30)(H,27,28,31). The third-order valence-corrected chi connectivity index (χ3v) is 6.11. The molecular formula is C25H26N4O3S. The Morgan fingerprint density at radius 2 is 1.67 bits per heavy atom. The van der Waals surface area contributed by atoms with E-state index >= 15 is 0 Å². The van der Waals surface area contributed by atoms with Gasteiger partial charge >= 0.3 is 0 Å². The van der Waals surface area contributed by atoms with Gasteiger partial charge in [0.15, 0.2) is 5.13 Å². The summed E-state index contributed by atoms with van der Waals surface area (Å²) in [7, 11) is 0. The van der Waals surface area contributed by atoms with Crippen molar-refractivity contribution >= 4 is 34.2 Å². The van der Waals surface area contributed by atoms with Gasteiger partial charge in [0.25, 0.3) is 5.91 Å². The van der Waals surface area contributed by atoms with Gasteiger partial charge in [-0.25, -0.2) is 4.98 Å². The fourth-order valence-electron chi connectivity index (χ4n) is 3.48. The van der Waals surface area contributed by atoms with E-state index in [1.54, 1.807) is 22.4 Å². The van der Waals surface area contributed by atoms with Crippen molar-refractivity contribution in [2.24, 2.45) is 0 Å². The first-order valence-corrected chi connectivity index (χ1v) is 11.9. The number of carbonyl (C=O) groups excluding carboxylic acids is 3. The van der Waals surface area contributed by atoms with Gasteiger partial charge in [-0.1, -0.05) is 48.5 Å². The minimum Gasteiger partial charge on any atom is -0.355 e. The molecule has 1 aliphatic rings. The quantitative estimate of drug-likeness (QED) is 0.484. The largest absolute Gasteiger partial charge is 0.355 e. The molecule has 3 amide bonds. The van der Waals surface area contributed by atoms with Crippen LogP contribution in [0.15, 0.2) is 66.0 Å². The molecule has 1 aromatic heterocycles. The van der Waals surface area contributed by atoms with Crippen LogP contribution in [0, 0.1) is 0 Å². The predicted octanol–water partition coefficient (Wildman–Crippen LogP) is 3.29. The molecule has 3 aromatic rings. The molecule has 7 nitrogen and oxygen atoms in total. The first-order valence-electron chi connectivity index (χ1n) is 11.0. The highest BCUT2D eigenvalue weighted by Crippen LogP contribution is 2.28. The number of benzene rings is 2. The number of hydrogen-bond acceptors (Lipinski definition) is 5. The Morgan fingerprint density at radius 3 is 2.36 bits per heavy atom. The Hall–Kier alpha value is -3.52. The van der Waals surface area contributed by atoms with Crippen LogP contribution < -0.4 is 10.6 Å². The van der Waals surface area contributed by atoms with E-state index < -0.39 is 0 Å². The van der Waals surface area contributed by atoms with Crippen molar-refractivity contribution in [2.75, 3.05) is 18.4 Å². The van der Waals surface area contributed by atoms with Gasteiger partial charge in [0, 0.05) is 23.5 Å². The van der Waals surface area contributed by atoms with E-state index in [2.05, 4.69) is 15.6 Å². The first kappa shape index (κ1) is 22.7. The van der Waals surface area contributed by atoms with Crippen LogP contribution in [-0.2, 0) is 22.4 Å². The number of nitrogens with one attached hydrogen (secondary N) is 2. The summed E-state index contributed by atoms with van der Waals surface area (Å²) in [6.07, 6.45) is 2.74. The van der Waals surface area contributed by atoms with Crippen LogP contribution in [0.25, 0.3) is 0 Å². The van der Waals surface area contributed by atoms with Crippen LogP contribution in [-0.4, -0.2) is 46.7 Å². The zero-order valence-electron chi connectivity index (χ0n) is 18.2. The average molecular weight is 463 g/mol. The number of carbonyl (C=O) groups is 3. The van der Waals surface area contributed by atoms with Gasteiger partial charge in [0.2, 0.25) is 11.8 Å². The molecule has 8 heteroatoms. The lowest BCUT2D eigenvalue weighted by Crippen LogP contribution is -2.39. The van der Waals surface area contributed by atoms with Crippen LogP contribution in [0.5, 0.6) is 0 Å². The third kappa shape index (κ3) is 6.73. The van der Waals surface area contributed by atoms with Crippen molar-refractivity contribution in [1.82, 2.24) is 15.2 Å². The van der Waals surface area contributed by atoms with Crippen LogP contribution >= 0.6 is 11.3 Å². The summed E-state index contributed by atoms with van der Waals surface area (Å²) in [6, 6.07) is 19.1. The number of hydrogen-bond donors (Lipinski definition) is 2. The molecule has 1 heterocycles. The molecule has 2 N–H and O–H groups in total. The molecule has 1 fully saturated rings. The van der Waals surface area contributed by atoms with Crippen LogP contribution in [0.4, 0.5) is 5.13 Å². The van der Waals surface area contributed by atoms with Crippen molar-refractivity contribution in [3.05, 3.63) is 82.9 Å². The SMILES string of the molecule is O=C(Cc1csc(NC(=O)CN(C(=O)c2ccccc2)C2CC2)n1)NCCc1ccccc1. The van der Waals surface area contributed by atoms with Gasteiger partial charge in [0.05, 0.1) is 12.1 Å². The maximum absolute atomic E-state index is 12.8. The average Bonchev–Trinajstić information content (AvgIpc) is 3.58. The summed E-state index contributed by atoms with van der Waals surface area (Å²) < 4.78 is 0. The van der Waals surface area contributed by atoms with Gasteiger partial charge in [-0.05, 0) is 37.0 Å². The molecule has 170 valence electrons. The highest BCUT2D eigenvalue weighted by molar-refractivity contribution is 7.13. The normalized spacial score (nSPS) is 12.7. The molecule has 4 rings (SSSR count). The van der Waals surface area contributed by atoms with E-state index in [9.17, 15) is 14.4 Å². The lowest BCUT2D eigenvalue weighted by Gasteiger charge is -2.21. The Kier molecular flexibility index (Phi) is 7.47. The number of amides is 3. The van der Waals surface area contributed by atoms with Crippen LogP contribution in [0.1, 0.15) is 34.5 Å². The van der Waals surface area contributed by atoms with Crippen molar-refractivity contribution < 1.29 is 14.4 Å². The fourth-order valence-corrected chi connectivity index (χ4v) is 4.20. The summed E-state index contributed by atoms with van der Waals surface area (Å²) in [5.74, 6) is -0.540. The van der Waals surface area contributed by atoms with Crippen molar-refractivity contribution in [2.45, 2.75) is 31.7 Å². The molecule has 33 heavy (non-hydrogen) atoms. The smallest absolute Gasteiger partial charge is 0.254 e. The maximum atomic E-state index is 12.8. The van der Waals surface area contributed by atoms with Gasteiger partial charge < -0.3 is 15.5 Å². The second-order valence-electron chi connectivity index (χ2n) is 7.98. The number of aromatic nitrogens is 1. The number of thiazole rings is 1. The molecule has 1 saturated carbocycles. The lowest BCUT2D eigenvalue weighted by molar-refractivity contribution is -0.120. The molecule has 0 aliphatic heterocycles. The van der Waals surface area contributed by atoms with E-state index in [1.807, 2.05) is 48.5 Å². The highest BCUT2D eigenvalue weighted by Gasteiger charge is 2.34. The van der Waals surface area contributed by atoms with E-state index in [-0.39, 0.29) is 36.7 Å². The van der Waals surface area contributed by atoms with Crippen molar-refractivity contribution in [3.63, 3.8) is 0 Å². The number of rotatable bonds is 10. The van der Waals surface area contributed by atoms with Crippen molar-refractivity contribution in [3.8, 4) is 0 Å². The van der Waals surface area contributed by atoms with Gasteiger partial charge in [-0.2, -0.15) is 0 Å². The Morgan fingerprint density at radius 1 is 0.970 bits per heavy atom. The zero-order valence-corrected chi connectivity index (χ0v) is 19.0. The van der Waals surface area contributed by atoms with Gasteiger partial charge in [-0.3, -0.25) is 14.4 Å². The van der Waals surface area contributed by atoms with Crippen LogP contribution in [0.2, 0.25) is 0 Å². The zero-order chi connectivity index (χ0) is 23.0. The number of anilines is 1. The highest BCUT2D eigenvalue weighted by atomic mass is 32.1. The maximum Gasteiger partial charge on any atom is 0.254 e. The Bertz CT molecular complexity index is 1100. The van der Waals surface area contributed by atoms with Gasteiger partial charge in [-0.15, -0.1) is 11.3 Å². The van der Waals surface area contributed by atoms with Crippen molar-refractivity contribution in [1.29, 1.82) is 0 Å². The predicted molar refractivity (Wildman–Crippen MR) is 128 cm³/mol. The lowest BCUT2D eigenvalue weighted by atomic mass is 10.1. The monoisotopic (exact) mass is 462 g/mol. The summed E-state index contributed by atoms with van der Waals surface area (Å²) in [5, 5.41) is 7.85. The third-order valence-electron chi connectivity index (χ3n) is 5.30. The second-order valence-corrected chi connectivity index (χ2v) is 8.84. The van der Waals surface area contributed by atoms with E-state index in [0.29, 0.717) is 22.9 Å². The Labute approximate surface area is 196 Å². The fraction of sp³-hybridized carbons (Fsp3) is 0.280. The summed E-state index contributed by atoms with van der Waals surface area (Å²) in [6.45, 7) is 0.538. The molecule has 0 bridgehead atoms. The molecule has 0 spiro atoms. The Balaban J connectivity index is 1.25. The molecule has 0 radical (unpaired) electrons. The minimum absolute atomic E-state index is 0.0206. The second kappa shape index (κ2) is 10.9. The summed E-state index contributed by atoms with van der Waals surface area (Å²) in [4.78, 5) is 43.6. The molecule has 2 aromatic carbocycles. The molecular weight excluding hydrogens is 436 g/mol. The number of nitrogens with zero attached hydrogens (tertiary/aromatic N) is 2. The van der Waals surface area contributed by atoms with E-state index in [1.165, 1.54) is 16.9 Å². The van der Waals surface area contributed by atoms with E-state index in [0.717, 1.165) is 19.3 Å². The molecule has 1 aliphatic carbocycles. The summed E-state index contributed by atoms with van der Waals surface area (Å²) in [5.41, 5.74) is 2.35. The van der Waals surface area contributed by atoms with Crippen LogP contribution in [0.3, 0.4) is 0 Å². The van der Waals surface area contributed by atoms with Gasteiger partial charge in [0.1, 0.15) is 6.54 Å². The molecule has 0 unspecified atom stereocenters. The topological polar surface area (TPSA) is 91.4 Å². The molecule has 0 saturated heterocycles. The van der Waals surface area contributed by atoms with E-state index in [4.69, 9.17) is 0 Å². The summed E-state index contributed by atoms with van der Waals surface area (Å²) >= 11 is 1.27. The first-order chi connectivity index (χ1) is 16.1. The minimum atomic E-state index is -0.292.